The first-order valence-corrected chi connectivity index (χ1v) is 40.8. The second kappa shape index (κ2) is 29.2. The molecule has 0 bridgehead atoms. The summed E-state index contributed by atoms with van der Waals surface area (Å²) in [6.45, 7) is 7.49. The molecule has 21 nitrogen and oxygen atoms in total. The summed E-state index contributed by atoms with van der Waals surface area (Å²) >= 11 is 0. The number of carbonyl (C=O) groups excluding carboxylic acids is 3. The molecule has 15 rings (SSSR count). The maximum atomic E-state index is 13.4. The van der Waals surface area contributed by atoms with Crippen molar-refractivity contribution >= 4 is 115 Å². The Morgan fingerprint density at radius 3 is 0.886 bits per heavy atom. The van der Waals surface area contributed by atoms with Crippen LogP contribution >= 0.6 is 0 Å². The minimum Gasteiger partial charge on any atom is -0.374 e. The van der Waals surface area contributed by atoms with E-state index in [9.17, 15) is 66.0 Å². The fourth-order valence-electron chi connectivity index (χ4n) is 14.2. The number of ether oxygens (including phenoxy) is 3. The Balaban J connectivity index is 0.000000140. The van der Waals surface area contributed by atoms with Crippen LogP contribution in [0.5, 0.6) is 0 Å². The fraction of sp³-hybridized carbons (Fsp3) is 0.480. The van der Waals surface area contributed by atoms with E-state index in [1.807, 2.05) is 39.0 Å². The lowest BCUT2D eigenvalue weighted by atomic mass is 10.0. The number of alkyl halides is 6. The number of nitrogens with one attached hydrogen (secondary N) is 3. The Hall–Kier alpha value is -8.16. The monoisotopic (exact) mass is 1510 g/mol. The normalized spacial score (nSPS) is 22.9. The number of carbonyl (C=O) groups is 3. The molecule has 1 unspecified atom stereocenters. The average Bonchev–Trinajstić information content (AvgIpc) is 1.76. The van der Waals surface area contributed by atoms with Crippen molar-refractivity contribution < 1.29 is 80.2 Å². The van der Waals surface area contributed by atoms with Crippen LogP contribution in [0.15, 0.2) is 102 Å². The van der Waals surface area contributed by atoms with Gasteiger partial charge in [0, 0.05) is 114 Å². The number of fused-ring (bicyclic) bond motifs is 3. The van der Waals surface area contributed by atoms with Crippen molar-refractivity contribution in [3.05, 3.63) is 124 Å². The highest BCUT2D eigenvalue weighted by Crippen LogP contribution is 2.52. The Morgan fingerprint density at radius 1 is 0.410 bits per heavy atom. The van der Waals surface area contributed by atoms with E-state index in [1.54, 1.807) is 54.6 Å². The molecule has 9 aliphatic rings. The zero-order chi connectivity index (χ0) is 74.9. The number of rotatable bonds is 21. The number of anilines is 6. The maximum Gasteiger partial charge on any atom is 0.258 e. The largest absolute Gasteiger partial charge is 0.374 e. The van der Waals surface area contributed by atoms with E-state index in [0.717, 1.165) is 110 Å². The van der Waals surface area contributed by atoms with Crippen LogP contribution in [0.1, 0.15) is 167 Å². The molecular weight excluding hydrogens is 1430 g/mol. The van der Waals surface area contributed by atoms with Gasteiger partial charge in [-0.2, -0.15) is 0 Å². The summed E-state index contributed by atoms with van der Waals surface area (Å²) in [4.78, 5) is 64.5. The first kappa shape index (κ1) is 75.1. The van der Waals surface area contributed by atoms with E-state index in [-0.39, 0.29) is 52.3 Å². The molecular formula is C75H81F6N9O12S3. The van der Waals surface area contributed by atoms with Crippen molar-refractivity contribution in [1.82, 2.24) is 15.0 Å². The summed E-state index contributed by atoms with van der Waals surface area (Å²) in [6.07, 6.45) is 11.1. The third-order valence-corrected chi connectivity index (χ3v) is 23.3. The van der Waals surface area contributed by atoms with E-state index in [4.69, 9.17) is 14.2 Å². The van der Waals surface area contributed by atoms with Crippen LogP contribution in [-0.2, 0) is 96.6 Å². The molecule has 3 N–H and O–H groups in total. The van der Waals surface area contributed by atoms with Crippen molar-refractivity contribution in [1.29, 1.82) is 0 Å². The topological polar surface area (TPSA) is 293 Å². The number of ketones is 3. The number of hydrogen-bond acceptors (Lipinski definition) is 21. The molecule has 105 heavy (non-hydrogen) atoms. The number of halogens is 6. The summed E-state index contributed by atoms with van der Waals surface area (Å²) in [5, 5.41) is 9.54. The standard InChI is InChI=1S/3C25H27F2N3O4S/c3*1-14-9-19-24(28-14)20(11-16(29-19)12-21(31)17-13-25(17,26)27)30-18-7-6-15(10-23(18)35(2,32)33)22-5-3-4-8-34-22/h3*6-7,10-11,17,22H,3-5,8-9,12-13H2,1-2H3,(H,29,30)/t17?,22-;17-,22+;17-,22-/m101/s1. The molecule has 3 saturated carbocycles. The molecule has 6 fully saturated rings. The van der Waals surface area contributed by atoms with Crippen LogP contribution in [0.4, 0.5) is 77.5 Å². The highest BCUT2D eigenvalue weighted by atomic mass is 32.2. The highest BCUT2D eigenvalue weighted by molar-refractivity contribution is 7.91. The van der Waals surface area contributed by atoms with Crippen molar-refractivity contribution in [3.8, 4) is 0 Å². The molecule has 3 aromatic heterocycles. The average molecular weight is 1510 g/mol. The molecule has 0 radical (unpaired) electrons. The summed E-state index contributed by atoms with van der Waals surface area (Å²) in [7, 11) is -10.8. The minimum absolute atomic E-state index is 0.128. The molecule has 6 atom stereocenters. The van der Waals surface area contributed by atoms with Crippen molar-refractivity contribution in [2.75, 3.05) is 54.5 Å². The predicted molar refractivity (Wildman–Crippen MR) is 384 cm³/mol. The van der Waals surface area contributed by atoms with Crippen LogP contribution in [0.2, 0.25) is 0 Å². The molecule has 30 heteroatoms. The number of hydrogen-bond donors (Lipinski definition) is 3. The van der Waals surface area contributed by atoms with Crippen molar-refractivity contribution in [2.45, 2.75) is 187 Å². The molecule has 558 valence electrons. The second-order valence-electron chi connectivity index (χ2n) is 28.9. The lowest BCUT2D eigenvalue weighted by molar-refractivity contribution is -0.122. The molecule has 3 aliphatic carbocycles. The highest BCUT2D eigenvalue weighted by Gasteiger charge is 2.62. The first-order valence-electron chi connectivity index (χ1n) is 35.1. The molecule has 6 aliphatic heterocycles. The zero-order valence-electron chi connectivity index (χ0n) is 58.8. The van der Waals surface area contributed by atoms with Crippen LogP contribution in [0, 0.1) is 17.8 Å². The summed E-state index contributed by atoms with van der Waals surface area (Å²) in [5.41, 5.74) is 12.1. The lowest BCUT2D eigenvalue weighted by Gasteiger charge is -2.24. The van der Waals surface area contributed by atoms with Gasteiger partial charge in [0.15, 0.2) is 29.5 Å². The van der Waals surface area contributed by atoms with Crippen molar-refractivity contribution in [2.24, 2.45) is 32.7 Å². The molecule has 3 aromatic carbocycles. The van der Waals surface area contributed by atoms with E-state index >= 15 is 0 Å². The quantitative estimate of drug-likeness (QED) is 0.0564. The van der Waals surface area contributed by atoms with Gasteiger partial charge in [0.25, 0.3) is 17.8 Å². The Morgan fingerprint density at radius 2 is 0.667 bits per heavy atom. The zero-order valence-corrected chi connectivity index (χ0v) is 61.3. The van der Waals surface area contributed by atoms with Gasteiger partial charge in [-0.05, 0) is 150 Å². The Bertz CT molecular complexity index is 4490. The van der Waals surface area contributed by atoms with Gasteiger partial charge in [0.05, 0.1) is 119 Å². The number of benzene rings is 3. The Labute approximate surface area is 605 Å². The number of pyridine rings is 3. The van der Waals surface area contributed by atoms with Gasteiger partial charge in [-0.15, -0.1) is 0 Å². The molecule has 0 spiro atoms. The number of aliphatic imine (C=N–C) groups is 3. The number of Topliss-reactive ketones (excluding diaryl/α,β-unsaturated/α-hetero) is 3. The molecule has 6 aromatic rings. The second-order valence-corrected chi connectivity index (χ2v) is 34.9. The number of nitrogens with zero attached hydrogens (tertiary/aromatic N) is 6. The number of sulfone groups is 3. The van der Waals surface area contributed by atoms with E-state index in [2.05, 4.69) is 45.9 Å². The van der Waals surface area contributed by atoms with Crippen molar-refractivity contribution in [3.63, 3.8) is 0 Å². The smallest absolute Gasteiger partial charge is 0.258 e. The molecule has 0 amide bonds. The third kappa shape index (κ3) is 17.5. The maximum absolute atomic E-state index is 13.4. The van der Waals surface area contributed by atoms with Gasteiger partial charge in [0.1, 0.15) is 34.4 Å². The van der Waals surface area contributed by atoms with Crippen LogP contribution < -0.4 is 16.0 Å². The minimum atomic E-state index is -3.59. The van der Waals surface area contributed by atoms with Gasteiger partial charge >= 0.3 is 0 Å². The molecule has 3 saturated heterocycles. The van der Waals surface area contributed by atoms with Crippen LogP contribution in [0.25, 0.3) is 0 Å². The summed E-state index contributed by atoms with van der Waals surface area (Å²) in [5.74, 6) is -14.2. The van der Waals surface area contributed by atoms with E-state index in [0.29, 0.717) is 124 Å². The SMILES string of the molecule is CC1=Nc2c(Nc3ccc([C@H]4CCCCO4)cc3S(C)(=O)=O)cc(CC(=O)C3CC3(F)F)nc2C1.CC1=Nc2c(Nc3ccc([C@H]4CCCCO4)cc3S(C)(=O)=O)cc(CC(=O)[C@@H]3CC3(F)F)nc2C1.CC1=Nc2c(Nc3ccc([C@H]4CCCCO4)cc3S(C)(=O)=O)cc(CC(=O)[C@H]3CC3(F)F)nc2C1. The van der Waals surface area contributed by atoms with Crippen LogP contribution in [0.3, 0.4) is 0 Å². The number of aromatic nitrogens is 3. The van der Waals surface area contributed by atoms with Gasteiger partial charge < -0.3 is 30.2 Å². The van der Waals surface area contributed by atoms with E-state index < -0.39 is 102 Å². The fourth-order valence-corrected chi connectivity index (χ4v) is 16.8. The molecule has 9 heterocycles. The van der Waals surface area contributed by atoms with Gasteiger partial charge in [-0.25, -0.2) is 51.6 Å². The third-order valence-electron chi connectivity index (χ3n) is 19.9. The van der Waals surface area contributed by atoms with E-state index in [1.165, 1.54) is 0 Å². The lowest BCUT2D eigenvalue weighted by Crippen LogP contribution is -2.13. The van der Waals surface area contributed by atoms with Crippen LogP contribution in [-0.4, -0.2) is 131 Å². The van der Waals surface area contributed by atoms with Gasteiger partial charge in [0.2, 0.25) is 0 Å². The van der Waals surface area contributed by atoms with Gasteiger partial charge in [-0.1, -0.05) is 18.2 Å². The Kier molecular flexibility index (Phi) is 20.9. The summed E-state index contributed by atoms with van der Waals surface area (Å²) in [6, 6.07) is 20.4. The first-order chi connectivity index (χ1) is 49.5. The summed E-state index contributed by atoms with van der Waals surface area (Å²) < 4.78 is 174. The predicted octanol–water partition coefficient (Wildman–Crippen LogP) is 14.7. The van der Waals surface area contributed by atoms with Gasteiger partial charge in [-0.3, -0.25) is 44.3 Å².